The molecule has 0 spiro atoms. The molecule has 0 aliphatic rings. The van der Waals surface area contributed by atoms with E-state index in [1.807, 2.05) is 24.3 Å². The number of alkyl halides is 3. The lowest BCUT2D eigenvalue weighted by Crippen LogP contribution is -2.17. The van der Waals surface area contributed by atoms with Crippen LogP contribution in [0.1, 0.15) is 0 Å². The Hall–Kier alpha value is -2.47. The molecule has 7 heteroatoms. The zero-order valence-electron chi connectivity index (χ0n) is 12.5. The third-order valence-corrected chi connectivity index (χ3v) is 3.76. The Kier molecular flexibility index (Phi) is 4.24. The number of halogens is 4. The lowest BCUT2D eigenvalue weighted by molar-refractivity contribution is -0.274. The van der Waals surface area contributed by atoms with Crippen LogP contribution < -0.4 is 9.64 Å². The lowest BCUT2D eigenvalue weighted by Gasteiger charge is -2.19. The molecular weight excluding hydrogens is 341 g/mol. The molecule has 0 amide bonds. The van der Waals surface area contributed by atoms with E-state index in [2.05, 4.69) is 9.72 Å². The molecule has 0 bridgehead atoms. The Morgan fingerprint density at radius 3 is 2.38 bits per heavy atom. The monoisotopic (exact) mass is 352 g/mol. The van der Waals surface area contributed by atoms with Crippen molar-refractivity contribution in [3.8, 4) is 5.75 Å². The SMILES string of the molecule is CN(c1ccc(OC(F)(F)F)cc1)c1ccc2cccc(Cl)c2n1. The molecule has 0 saturated carbocycles. The first kappa shape index (κ1) is 16.4. The maximum atomic E-state index is 12.2. The second-order valence-electron chi connectivity index (χ2n) is 5.08. The quantitative estimate of drug-likeness (QED) is 0.617. The average molecular weight is 353 g/mol. The van der Waals surface area contributed by atoms with Gasteiger partial charge >= 0.3 is 6.36 Å². The van der Waals surface area contributed by atoms with Crippen LogP contribution in [0.25, 0.3) is 10.9 Å². The highest BCUT2D eigenvalue weighted by atomic mass is 35.5. The van der Waals surface area contributed by atoms with Crippen LogP contribution >= 0.6 is 11.6 Å². The van der Waals surface area contributed by atoms with Gasteiger partial charge in [-0.2, -0.15) is 0 Å². The number of rotatable bonds is 3. The van der Waals surface area contributed by atoms with E-state index in [0.29, 0.717) is 22.0 Å². The highest BCUT2D eigenvalue weighted by Gasteiger charge is 2.31. The molecule has 24 heavy (non-hydrogen) atoms. The van der Waals surface area contributed by atoms with Gasteiger partial charge in [0.1, 0.15) is 11.6 Å². The fraction of sp³-hybridized carbons (Fsp3) is 0.118. The van der Waals surface area contributed by atoms with Gasteiger partial charge in [-0.15, -0.1) is 13.2 Å². The van der Waals surface area contributed by atoms with E-state index in [4.69, 9.17) is 11.6 Å². The Bertz CT molecular complexity index is 866. The molecular formula is C17H12ClF3N2O. The molecule has 1 aromatic heterocycles. The van der Waals surface area contributed by atoms with Crippen molar-refractivity contribution < 1.29 is 17.9 Å². The van der Waals surface area contributed by atoms with Crippen LogP contribution in [-0.2, 0) is 0 Å². The van der Waals surface area contributed by atoms with E-state index >= 15 is 0 Å². The summed E-state index contributed by atoms with van der Waals surface area (Å²) in [4.78, 5) is 6.27. The fourth-order valence-corrected chi connectivity index (χ4v) is 2.52. The van der Waals surface area contributed by atoms with Crippen LogP contribution in [0.4, 0.5) is 24.7 Å². The van der Waals surface area contributed by atoms with Gasteiger partial charge < -0.3 is 9.64 Å². The molecule has 0 unspecified atom stereocenters. The number of fused-ring (bicyclic) bond motifs is 1. The molecule has 0 aliphatic heterocycles. The molecule has 0 fully saturated rings. The fourth-order valence-electron chi connectivity index (χ4n) is 2.29. The topological polar surface area (TPSA) is 25.4 Å². The Balaban J connectivity index is 1.88. The standard InChI is InChI=1S/C17H12ClF3N2O/c1-23(12-6-8-13(9-7-12)24-17(19,20)21)15-10-5-11-3-2-4-14(18)16(11)22-15/h2-10H,1H3. The normalized spacial score (nSPS) is 11.5. The van der Waals surface area contributed by atoms with E-state index in [-0.39, 0.29) is 5.75 Å². The molecule has 1 heterocycles. The molecule has 0 atom stereocenters. The minimum atomic E-state index is -4.70. The average Bonchev–Trinajstić information content (AvgIpc) is 2.53. The lowest BCUT2D eigenvalue weighted by atomic mass is 10.2. The Morgan fingerprint density at radius 2 is 1.71 bits per heavy atom. The van der Waals surface area contributed by atoms with Gasteiger partial charge in [-0.25, -0.2) is 4.98 Å². The Morgan fingerprint density at radius 1 is 1.00 bits per heavy atom. The summed E-state index contributed by atoms with van der Waals surface area (Å²) in [5.74, 6) is 0.356. The zero-order chi connectivity index (χ0) is 17.3. The highest BCUT2D eigenvalue weighted by Crippen LogP contribution is 2.29. The van der Waals surface area contributed by atoms with Crippen LogP contribution in [0, 0.1) is 0 Å². The summed E-state index contributed by atoms with van der Waals surface area (Å²) in [6, 6.07) is 14.8. The van der Waals surface area contributed by atoms with Crippen molar-refractivity contribution in [3.05, 3.63) is 59.6 Å². The van der Waals surface area contributed by atoms with E-state index in [9.17, 15) is 13.2 Å². The molecule has 3 nitrogen and oxygen atoms in total. The first-order chi connectivity index (χ1) is 11.3. The van der Waals surface area contributed by atoms with Crippen LogP contribution in [0.5, 0.6) is 5.75 Å². The molecule has 0 aliphatic carbocycles. The third kappa shape index (κ3) is 3.54. The number of hydrogen-bond donors (Lipinski definition) is 0. The molecule has 0 saturated heterocycles. The molecule has 0 N–H and O–H groups in total. The number of anilines is 2. The van der Waals surface area contributed by atoms with Gasteiger partial charge in [0.25, 0.3) is 0 Å². The Labute approximate surface area is 141 Å². The smallest absolute Gasteiger partial charge is 0.406 e. The third-order valence-electron chi connectivity index (χ3n) is 3.46. The molecule has 3 rings (SSSR count). The second-order valence-corrected chi connectivity index (χ2v) is 5.49. The number of ether oxygens (including phenoxy) is 1. The summed E-state index contributed by atoms with van der Waals surface area (Å²) in [6.45, 7) is 0. The largest absolute Gasteiger partial charge is 0.573 e. The number of pyridine rings is 1. The maximum Gasteiger partial charge on any atom is 0.573 e. The summed E-state index contributed by atoms with van der Waals surface area (Å²) in [5, 5.41) is 1.45. The van der Waals surface area contributed by atoms with Crippen molar-refractivity contribution in [1.29, 1.82) is 0 Å². The predicted molar refractivity (Wildman–Crippen MR) is 87.9 cm³/mol. The molecule has 0 radical (unpaired) electrons. The first-order valence-corrected chi connectivity index (χ1v) is 7.36. The number of benzene rings is 2. The van der Waals surface area contributed by atoms with Crippen LogP contribution in [0.3, 0.4) is 0 Å². The zero-order valence-corrected chi connectivity index (χ0v) is 13.3. The number of hydrogen-bond acceptors (Lipinski definition) is 3. The van der Waals surface area contributed by atoms with Crippen molar-refractivity contribution in [2.24, 2.45) is 0 Å². The summed E-state index contributed by atoms with van der Waals surface area (Å²) >= 11 is 6.16. The van der Waals surface area contributed by atoms with Crippen molar-refractivity contribution in [3.63, 3.8) is 0 Å². The van der Waals surface area contributed by atoms with Gasteiger partial charge in [-0.1, -0.05) is 23.7 Å². The van der Waals surface area contributed by atoms with E-state index in [0.717, 1.165) is 5.39 Å². The first-order valence-electron chi connectivity index (χ1n) is 6.98. The summed E-state index contributed by atoms with van der Waals surface area (Å²) in [6.07, 6.45) is -4.70. The minimum Gasteiger partial charge on any atom is -0.406 e. The van der Waals surface area contributed by atoms with Gasteiger partial charge in [-0.05, 0) is 42.5 Å². The predicted octanol–water partition coefficient (Wildman–Crippen LogP) is 5.55. The van der Waals surface area contributed by atoms with Crippen LogP contribution in [0.2, 0.25) is 5.02 Å². The van der Waals surface area contributed by atoms with Gasteiger partial charge in [0.2, 0.25) is 0 Å². The van der Waals surface area contributed by atoms with E-state index in [1.54, 1.807) is 18.0 Å². The highest BCUT2D eigenvalue weighted by molar-refractivity contribution is 6.35. The van der Waals surface area contributed by atoms with Gasteiger partial charge in [0, 0.05) is 18.1 Å². The van der Waals surface area contributed by atoms with Crippen LogP contribution in [0.15, 0.2) is 54.6 Å². The number of para-hydroxylation sites is 1. The minimum absolute atomic E-state index is 0.269. The van der Waals surface area contributed by atoms with E-state index < -0.39 is 6.36 Å². The number of aromatic nitrogens is 1. The van der Waals surface area contributed by atoms with Crippen molar-refractivity contribution in [1.82, 2.24) is 4.98 Å². The summed E-state index contributed by atoms with van der Waals surface area (Å²) in [5.41, 5.74) is 1.34. The number of nitrogens with zero attached hydrogens (tertiary/aromatic N) is 2. The van der Waals surface area contributed by atoms with Crippen molar-refractivity contribution >= 4 is 34.0 Å². The van der Waals surface area contributed by atoms with E-state index in [1.165, 1.54) is 24.3 Å². The van der Waals surface area contributed by atoms with Gasteiger partial charge in [0.15, 0.2) is 0 Å². The maximum absolute atomic E-state index is 12.2. The molecule has 124 valence electrons. The van der Waals surface area contributed by atoms with Crippen LogP contribution in [-0.4, -0.2) is 18.4 Å². The summed E-state index contributed by atoms with van der Waals surface area (Å²) in [7, 11) is 1.77. The van der Waals surface area contributed by atoms with Crippen molar-refractivity contribution in [2.45, 2.75) is 6.36 Å². The van der Waals surface area contributed by atoms with Crippen molar-refractivity contribution in [2.75, 3.05) is 11.9 Å². The summed E-state index contributed by atoms with van der Waals surface area (Å²) < 4.78 is 40.5. The molecule has 2 aromatic carbocycles. The molecule has 3 aromatic rings. The van der Waals surface area contributed by atoms with Gasteiger partial charge in [-0.3, -0.25) is 0 Å². The van der Waals surface area contributed by atoms with Gasteiger partial charge in [0.05, 0.1) is 10.5 Å². The second kappa shape index (κ2) is 6.20.